The van der Waals surface area contributed by atoms with Crippen LogP contribution in [0.2, 0.25) is 4.34 Å². The van der Waals surface area contributed by atoms with Gasteiger partial charge in [0.25, 0.3) is 0 Å². The van der Waals surface area contributed by atoms with Gasteiger partial charge in [-0.25, -0.2) is 9.37 Å². The third-order valence-electron chi connectivity index (χ3n) is 2.21. The molecule has 0 saturated heterocycles. The van der Waals surface area contributed by atoms with E-state index < -0.39 is 6.10 Å². The molecule has 1 heterocycles. The number of rotatable bonds is 3. The fourth-order valence-electron chi connectivity index (χ4n) is 1.40. The van der Waals surface area contributed by atoms with Crippen molar-refractivity contribution in [1.29, 1.82) is 0 Å². The molecule has 0 aliphatic carbocycles. The van der Waals surface area contributed by atoms with Crippen LogP contribution in [0.15, 0.2) is 28.9 Å². The first-order valence-electron chi connectivity index (χ1n) is 4.79. The first-order chi connectivity index (χ1) is 8.06. The van der Waals surface area contributed by atoms with E-state index >= 15 is 0 Å². The highest BCUT2D eigenvalue weighted by molar-refractivity contribution is 9.10. The molecule has 1 aromatic carbocycles. The van der Waals surface area contributed by atoms with Crippen LogP contribution in [0.5, 0.6) is 0 Å². The second-order valence-electron chi connectivity index (χ2n) is 3.46. The zero-order valence-corrected chi connectivity index (χ0v) is 11.7. The van der Waals surface area contributed by atoms with Crippen LogP contribution in [0, 0.1) is 5.82 Å². The number of hydrogen-bond donors (Lipinski definition) is 1. The number of aliphatic hydroxyl groups excluding tert-OH is 1. The zero-order chi connectivity index (χ0) is 12.4. The number of aromatic nitrogens is 1. The monoisotopic (exact) mass is 335 g/mol. The maximum absolute atomic E-state index is 13.5. The van der Waals surface area contributed by atoms with Gasteiger partial charge >= 0.3 is 0 Å². The van der Waals surface area contributed by atoms with Crippen molar-refractivity contribution in [3.05, 3.63) is 49.6 Å². The molecule has 0 fully saturated rings. The molecule has 1 atom stereocenters. The topological polar surface area (TPSA) is 33.1 Å². The molecule has 1 unspecified atom stereocenters. The SMILES string of the molecule is OC(Cc1ccc(Br)cc1F)c1ncc(Cl)s1. The quantitative estimate of drug-likeness (QED) is 0.920. The standard InChI is InChI=1S/C11H8BrClFNOS/c12-7-2-1-6(8(14)4-7)3-9(16)11-15-5-10(13)17-11/h1-2,4-5,9,16H,3H2. The maximum atomic E-state index is 13.5. The van der Waals surface area contributed by atoms with Gasteiger partial charge in [0.2, 0.25) is 0 Å². The van der Waals surface area contributed by atoms with E-state index in [9.17, 15) is 9.50 Å². The summed E-state index contributed by atoms with van der Waals surface area (Å²) in [7, 11) is 0. The third kappa shape index (κ3) is 3.25. The maximum Gasteiger partial charge on any atom is 0.127 e. The van der Waals surface area contributed by atoms with E-state index in [-0.39, 0.29) is 12.2 Å². The second kappa shape index (κ2) is 5.44. The highest BCUT2D eigenvalue weighted by atomic mass is 79.9. The minimum absolute atomic E-state index is 0.183. The molecular formula is C11H8BrClFNOS. The van der Waals surface area contributed by atoms with Crippen molar-refractivity contribution in [3.8, 4) is 0 Å². The number of halogens is 3. The summed E-state index contributed by atoms with van der Waals surface area (Å²) in [6, 6.07) is 4.74. The Morgan fingerprint density at radius 1 is 1.53 bits per heavy atom. The summed E-state index contributed by atoms with van der Waals surface area (Å²) in [6.45, 7) is 0. The Balaban J connectivity index is 2.15. The Kier molecular flexibility index (Phi) is 4.14. The van der Waals surface area contributed by atoms with Gasteiger partial charge in [-0.1, -0.05) is 33.6 Å². The van der Waals surface area contributed by atoms with Gasteiger partial charge in [0.05, 0.1) is 6.20 Å². The lowest BCUT2D eigenvalue weighted by atomic mass is 10.1. The second-order valence-corrected chi connectivity index (χ2v) is 6.07. The van der Waals surface area contributed by atoms with Gasteiger partial charge in [-0.15, -0.1) is 11.3 Å². The van der Waals surface area contributed by atoms with Crippen LogP contribution in [0.4, 0.5) is 4.39 Å². The summed E-state index contributed by atoms with van der Waals surface area (Å²) in [6.07, 6.45) is 0.828. The Labute approximate surface area is 115 Å². The van der Waals surface area contributed by atoms with Crippen LogP contribution in [0.25, 0.3) is 0 Å². The normalized spacial score (nSPS) is 12.7. The van der Waals surface area contributed by atoms with Crippen molar-refractivity contribution in [2.75, 3.05) is 0 Å². The van der Waals surface area contributed by atoms with Gasteiger partial charge in [0, 0.05) is 10.9 Å². The summed E-state index contributed by atoms with van der Waals surface area (Å²) in [5, 5.41) is 10.4. The highest BCUT2D eigenvalue weighted by Gasteiger charge is 2.15. The van der Waals surface area contributed by atoms with Gasteiger partial charge < -0.3 is 5.11 Å². The Morgan fingerprint density at radius 2 is 2.29 bits per heavy atom. The molecule has 0 radical (unpaired) electrons. The van der Waals surface area contributed by atoms with E-state index in [4.69, 9.17) is 11.6 Å². The van der Waals surface area contributed by atoms with Gasteiger partial charge in [-0.2, -0.15) is 0 Å². The van der Waals surface area contributed by atoms with Crippen LogP contribution >= 0.6 is 38.9 Å². The van der Waals surface area contributed by atoms with E-state index in [1.54, 1.807) is 12.1 Å². The lowest BCUT2D eigenvalue weighted by Gasteiger charge is -2.08. The predicted octanol–water partition coefficient (Wildman–Crippen LogP) is 3.97. The van der Waals surface area contributed by atoms with Gasteiger partial charge in [0.1, 0.15) is 21.3 Å². The van der Waals surface area contributed by atoms with Crippen molar-refractivity contribution in [2.45, 2.75) is 12.5 Å². The molecule has 0 amide bonds. The Morgan fingerprint density at radius 3 is 2.88 bits per heavy atom. The zero-order valence-electron chi connectivity index (χ0n) is 8.53. The number of thiazole rings is 1. The fraction of sp³-hybridized carbons (Fsp3) is 0.182. The summed E-state index contributed by atoms with van der Waals surface area (Å²) in [5.41, 5.74) is 0.451. The van der Waals surface area contributed by atoms with Crippen molar-refractivity contribution in [2.24, 2.45) is 0 Å². The van der Waals surface area contributed by atoms with Crippen LogP contribution in [-0.4, -0.2) is 10.1 Å². The van der Waals surface area contributed by atoms with Crippen LogP contribution < -0.4 is 0 Å². The van der Waals surface area contributed by atoms with Crippen LogP contribution in [-0.2, 0) is 6.42 Å². The van der Waals surface area contributed by atoms with E-state index in [0.717, 1.165) is 0 Å². The van der Waals surface area contributed by atoms with Gasteiger partial charge in [-0.3, -0.25) is 0 Å². The number of hydrogen-bond acceptors (Lipinski definition) is 3. The molecule has 0 spiro atoms. The van der Waals surface area contributed by atoms with Crippen molar-refractivity contribution < 1.29 is 9.50 Å². The minimum atomic E-state index is -0.830. The minimum Gasteiger partial charge on any atom is -0.386 e. The molecule has 0 aliphatic heterocycles. The van der Waals surface area contributed by atoms with Crippen molar-refractivity contribution >= 4 is 38.9 Å². The van der Waals surface area contributed by atoms with E-state index in [2.05, 4.69) is 20.9 Å². The molecule has 0 bridgehead atoms. The van der Waals surface area contributed by atoms with E-state index in [0.29, 0.717) is 19.4 Å². The molecule has 2 aromatic rings. The molecule has 1 N–H and O–H groups in total. The molecule has 6 heteroatoms. The van der Waals surface area contributed by atoms with Gasteiger partial charge in [-0.05, 0) is 17.7 Å². The van der Waals surface area contributed by atoms with Crippen LogP contribution in [0.1, 0.15) is 16.7 Å². The summed E-state index contributed by atoms with van der Waals surface area (Å²) < 4.78 is 14.7. The van der Waals surface area contributed by atoms with Crippen molar-refractivity contribution in [1.82, 2.24) is 4.98 Å². The number of nitrogens with zero attached hydrogens (tertiary/aromatic N) is 1. The Hall–Kier alpha value is -0.490. The lowest BCUT2D eigenvalue weighted by Crippen LogP contribution is -2.03. The summed E-state index contributed by atoms with van der Waals surface area (Å²) in [5.74, 6) is -0.346. The summed E-state index contributed by atoms with van der Waals surface area (Å²) >= 11 is 10.1. The number of benzene rings is 1. The molecule has 2 nitrogen and oxygen atoms in total. The first-order valence-corrected chi connectivity index (χ1v) is 6.78. The predicted molar refractivity (Wildman–Crippen MR) is 69.9 cm³/mol. The average molecular weight is 337 g/mol. The molecule has 17 heavy (non-hydrogen) atoms. The molecule has 1 aromatic heterocycles. The molecule has 0 aliphatic rings. The third-order valence-corrected chi connectivity index (χ3v) is 3.92. The molecular weight excluding hydrogens is 329 g/mol. The first kappa shape index (κ1) is 13.0. The number of aliphatic hydroxyl groups is 1. The largest absolute Gasteiger partial charge is 0.386 e. The van der Waals surface area contributed by atoms with Crippen LogP contribution in [0.3, 0.4) is 0 Å². The summed E-state index contributed by atoms with van der Waals surface area (Å²) in [4.78, 5) is 3.96. The molecule has 90 valence electrons. The lowest BCUT2D eigenvalue weighted by molar-refractivity contribution is 0.176. The molecule has 2 rings (SSSR count). The van der Waals surface area contributed by atoms with E-state index in [1.165, 1.54) is 23.6 Å². The van der Waals surface area contributed by atoms with Crippen molar-refractivity contribution in [3.63, 3.8) is 0 Å². The smallest absolute Gasteiger partial charge is 0.127 e. The van der Waals surface area contributed by atoms with Gasteiger partial charge in [0.15, 0.2) is 0 Å². The van der Waals surface area contributed by atoms with E-state index in [1.807, 2.05) is 0 Å². The fourth-order valence-corrected chi connectivity index (χ4v) is 2.65. The highest BCUT2D eigenvalue weighted by Crippen LogP contribution is 2.27. The Bertz CT molecular complexity index is 534. The molecule has 0 saturated carbocycles. The average Bonchev–Trinajstić information content (AvgIpc) is 2.69.